The zero-order valence-corrected chi connectivity index (χ0v) is 34.0. The van der Waals surface area contributed by atoms with E-state index in [-0.39, 0.29) is 34.5 Å². The second-order valence-electron chi connectivity index (χ2n) is 14.6. The molecule has 0 saturated heterocycles. The Balaban J connectivity index is 1.90. The minimum atomic E-state index is -4.70. The van der Waals surface area contributed by atoms with Gasteiger partial charge in [0.2, 0.25) is 0 Å². The topological polar surface area (TPSA) is 105 Å². The minimum absolute atomic E-state index is 0.0231. The molecule has 296 valence electrons. The van der Waals surface area contributed by atoms with Gasteiger partial charge in [0.25, 0.3) is 0 Å². The van der Waals surface area contributed by atoms with Gasteiger partial charge in [-0.1, -0.05) is 173 Å². The molecule has 0 amide bonds. The van der Waals surface area contributed by atoms with E-state index in [2.05, 4.69) is 20.8 Å². The minimum Gasteiger partial charge on any atom is -0.504 e. The monoisotopic (exact) mass is 752 g/mol. The van der Waals surface area contributed by atoms with Gasteiger partial charge in [0.15, 0.2) is 34.5 Å². The molecular formula is C45H69O7P. The van der Waals surface area contributed by atoms with Gasteiger partial charge in [-0.25, -0.2) is 0 Å². The summed E-state index contributed by atoms with van der Waals surface area (Å²) in [6, 6.07) is 15.3. The number of rotatable bonds is 30. The lowest BCUT2D eigenvalue weighted by Crippen LogP contribution is -2.11. The molecule has 7 nitrogen and oxygen atoms in total. The van der Waals surface area contributed by atoms with Crippen LogP contribution in [0.5, 0.6) is 34.5 Å². The summed E-state index contributed by atoms with van der Waals surface area (Å²) in [5.74, 6) is -0.475. The normalized spacial score (nSPS) is 11.5. The van der Waals surface area contributed by atoms with E-state index in [1.807, 2.05) is 18.2 Å². The second-order valence-corrected chi connectivity index (χ2v) is 16.1. The first-order valence-corrected chi connectivity index (χ1v) is 22.4. The maximum absolute atomic E-state index is 15.1. The first-order chi connectivity index (χ1) is 25.8. The summed E-state index contributed by atoms with van der Waals surface area (Å²) in [4.78, 5) is 0. The van der Waals surface area contributed by atoms with E-state index >= 15 is 4.57 Å². The molecule has 0 saturated carbocycles. The van der Waals surface area contributed by atoms with Gasteiger partial charge in [-0.15, -0.1) is 0 Å². The van der Waals surface area contributed by atoms with Crippen molar-refractivity contribution in [3.63, 3.8) is 0 Å². The Hall–Kier alpha value is -3.31. The first-order valence-electron chi connectivity index (χ1n) is 20.9. The lowest BCUT2D eigenvalue weighted by Gasteiger charge is -2.24. The molecule has 0 aromatic heterocycles. The number of aromatic hydroxyl groups is 3. The molecule has 3 N–H and O–H groups in total. The van der Waals surface area contributed by atoms with Crippen LogP contribution in [0.2, 0.25) is 0 Å². The molecule has 0 bridgehead atoms. The number of unbranched alkanes of at least 4 members (excludes halogenated alkanes) is 18. The third-order valence-corrected chi connectivity index (χ3v) is 11.2. The molecule has 3 aromatic rings. The van der Waals surface area contributed by atoms with Crippen LogP contribution in [0.25, 0.3) is 0 Å². The van der Waals surface area contributed by atoms with Gasteiger partial charge in [0, 0.05) is 0 Å². The highest BCUT2D eigenvalue weighted by molar-refractivity contribution is 7.49. The zero-order valence-electron chi connectivity index (χ0n) is 33.1. The number of phosphoric ester groups is 1. The molecule has 3 aromatic carbocycles. The molecule has 53 heavy (non-hydrogen) atoms. The maximum atomic E-state index is 15.1. The van der Waals surface area contributed by atoms with Crippen LogP contribution in [0.3, 0.4) is 0 Å². The third kappa shape index (κ3) is 16.3. The standard InChI is InChI=1S/C45H69O7P/c1-4-7-10-13-16-19-22-28-37-31-25-34-40(46)43(37)50-53(49,51-44-38(32-26-35-41(44)47)29-23-20-17-14-11-8-5-2)52-45-39(33-27-36-42(45)48)30-24-21-18-15-12-9-6-3/h25-27,31-36,46-48H,4-24,28-30H2,1-3H3. The van der Waals surface area contributed by atoms with Crippen molar-refractivity contribution >= 4 is 7.82 Å². The Morgan fingerprint density at radius 1 is 0.396 bits per heavy atom. The van der Waals surface area contributed by atoms with Crippen molar-refractivity contribution in [2.24, 2.45) is 0 Å². The molecule has 0 fully saturated rings. The molecule has 0 aliphatic carbocycles. The van der Waals surface area contributed by atoms with Gasteiger partial charge in [-0.2, -0.15) is 4.57 Å². The fourth-order valence-corrected chi connectivity index (χ4v) is 8.24. The van der Waals surface area contributed by atoms with E-state index < -0.39 is 7.82 Å². The Labute approximate surface area is 321 Å². The molecule has 0 radical (unpaired) electrons. The molecule has 3 rings (SSSR count). The van der Waals surface area contributed by atoms with Gasteiger partial charge in [-0.3, -0.25) is 0 Å². The average Bonchev–Trinajstić information content (AvgIpc) is 3.14. The number of para-hydroxylation sites is 3. The molecular weight excluding hydrogens is 683 g/mol. The van der Waals surface area contributed by atoms with E-state index in [9.17, 15) is 15.3 Å². The van der Waals surface area contributed by atoms with E-state index in [1.165, 1.54) is 95.2 Å². The molecule has 8 heteroatoms. The van der Waals surface area contributed by atoms with Gasteiger partial charge in [0.05, 0.1) is 0 Å². The average molecular weight is 753 g/mol. The largest absolute Gasteiger partial charge is 0.647 e. The molecule has 0 atom stereocenters. The van der Waals surface area contributed by atoms with Crippen molar-refractivity contribution in [2.75, 3.05) is 0 Å². The highest BCUT2D eigenvalue weighted by Crippen LogP contribution is 2.56. The van der Waals surface area contributed by atoms with E-state index in [4.69, 9.17) is 13.6 Å². The number of phosphoric acid groups is 1. The molecule has 0 aliphatic rings. The van der Waals surface area contributed by atoms with Crippen LogP contribution in [-0.4, -0.2) is 15.3 Å². The highest BCUT2D eigenvalue weighted by Gasteiger charge is 2.38. The first kappa shape index (κ1) is 44.1. The van der Waals surface area contributed by atoms with E-state index in [0.29, 0.717) is 36.0 Å². The fraction of sp³-hybridized carbons (Fsp3) is 0.600. The number of phenols is 3. The van der Waals surface area contributed by atoms with Gasteiger partial charge >= 0.3 is 7.82 Å². The summed E-state index contributed by atoms with van der Waals surface area (Å²) in [6.45, 7) is 6.63. The van der Waals surface area contributed by atoms with Gasteiger partial charge in [0.1, 0.15) is 0 Å². The van der Waals surface area contributed by atoms with Crippen molar-refractivity contribution in [3.8, 4) is 34.5 Å². The number of benzene rings is 3. The van der Waals surface area contributed by atoms with Crippen molar-refractivity contribution in [1.82, 2.24) is 0 Å². The lowest BCUT2D eigenvalue weighted by atomic mass is 10.0. The van der Waals surface area contributed by atoms with Crippen LogP contribution >= 0.6 is 7.82 Å². The van der Waals surface area contributed by atoms with Crippen molar-refractivity contribution < 1.29 is 33.5 Å². The summed E-state index contributed by atoms with van der Waals surface area (Å²) >= 11 is 0. The number of hydrogen-bond donors (Lipinski definition) is 3. The van der Waals surface area contributed by atoms with Crippen LogP contribution in [-0.2, 0) is 23.8 Å². The molecule has 0 spiro atoms. The van der Waals surface area contributed by atoms with Crippen molar-refractivity contribution in [1.29, 1.82) is 0 Å². The predicted octanol–water partition coefficient (Wildman–Crippen LogP) is 14.3. The lowest BCUT2D eigenvalue weighted by molar-refractivity contribution is 0.278. The van der Waals surface area contributed by atoms with Crippen LogP contribution in [0.1, 0.15) is 172 Å². The van der Waals surface area contributed by atoms with Gasteiger partial charge in [-0.05, 0) is 73.4 Å². The van der Waals surface area contributed by atoms with Crippen LogP contribution < -0.4 is 13.6 Å². The smallest absolute Gasteiger partial charge is 0.504 e. The van der Waals surface area contributed by atoms with Crippen molar-refractivity contribution in [3.05, 3.63) is 71.3 Å². The molecule has 0 heterocycles. The molecule has 0 aliphatic heterocycles. The number of aryl methyl sites for hydroxylation is 3. The van der Waals surface area contributed by atoms with E-state index in [1.54, 1.807) is 18.2 Å². The summed E-state index contributed by atoms with van der Waals surface area (Å²) in [7, 11) is -4.70. The second kappa shape index (κ2) is 25.7. The Morgan fingerprint density at radius 3 is 0.906 bits per heavy atom. The molecule has 0 unspecified atom stereocenters. The van der Waals surface area contributed by atoms with Crippen LogP contribution in [0.15, 0.2) is 54.6 Å². The summed E-state index contributed by atoms with van der Waals surface area (Å²) < 4.78 is 33.7. The van der Waals surface area contributed by atoms with Crippen LogP contribution in [0.4, 0.5) is 0 Å². The maximum Gasteiger partial charge on any atom is 0.647 e. The van der Waals surface area contributed by atoms with Crippen LogP contribution in [0, 0.1) is 0 Å². The Bertz CT molecular complexity index is 1310. The summed E-state index contributed by atoms with van der Waals surface area (Å²) in [6.07, 6.45) is 25.6. The fourth-order valence-electron chi connectivity index (χ4n) is 6.83. The third-order valence-electron chi connectivity index (χ3n) is 9.99. The Morgan fingerprint density at radius 2 is 0.642 bits per heavy atom. The van der Waals surface area contributed by atoms with Gasteiger partial charge < -0.3 is 28.9 Å². The van der Waals surface area contributed by atoms with Crippen molar-refractivity contribution in [2.45, 2.75) is 175 Å². The summed E-state index contributed by atoms with van der Waals surface area (Å²) in [5, 5.41) is 33.3. The Kier molecular flexibility index (Phi) is 21.3. The SMILES string of the molecule is CCCCCCCCCc1cccc(O)c1OP(=O)(Oc1c(O)cccc1CCCCCCCCC)Oc1c(O)cccc1CCCCCCCCC. The zero-order chi connectivity index (χ0) is 38.2. The number of phenolic OH excluding ortho intramolecular Hbond substituents is 3. The predicted molar refractivity (Wildman–Crippen MR) is 219 cm³/mol. The van der Waals surface area contributed by atoms with E-state index in [0.717, 1.165) is 57.8 Å². The quantitative estimate of drug-likeness (QED) is 0.0460. The highest BCUT2D eigenvalue weighted by atomic mass is 31.2. The number of hydrogen-bond acceptors (Lipinski definition) is 7. The summed E-state index contributed by atoms with van der Waals surface area (Å²) in [5.41, 5.74) is 2.06.